The molecule has 3 aromatic heterocycles. The lowest BCUT2D eigenvalue weighted by atomic mass is 10.0. The smallest absolute Gasteiger partial charge is 0.350 e. The van der Waals surface area contributed by atoms with Gasteiger partial charge in [-0.3, -0.25) is 19.9 Å². The summed E-state index contributed by atoms with van der Waals surface area (Å²) in [5, 5.41) is 37.5. The molecule has 2 aliphatic rings. The molecule has 7 N–H and O–H groups in total. The summed E-state index contributed by atoms with van der Waals surface area (Å²) in [5.41, 5.74) is 11.9. The largest absolute Gasteiger partial charge is 0.543 e. The van der Waals surface area contributed by atoms with Crippen molar-refractivity contribution in [2.45, 2.75) is 44.0 Å². The molecule has 50 heavy (non-hydrogen) atoms. The van der Waals surface area contributed by atoms with Gasteiger partial charge in [-0.05, 0) is 25.5 Å². The zero-order valence-electron chi connectivity index (χ0n) is 26.7. The van der Waals surface area contributed by atoms with Gasteiger partial charge in [0.25, 0.3) is 11.8 Å². The van der Waals surface area contributed by atoms with Crippen LogP contribution in [0.25, 0.3) is 10.9 Å². The Balaban J connectivity index is 1.20. The van der Waals surface area contributed by atoms with Crippen molar-refractivity contribution in [2.75, 3.05) is 11.5 Å². The van der Waals surface area contributed by atoms with Crippen molar-refractivity contribution in [1.82, 2.24) is 19.8 Å². The van der Waals surface area contributed by atoms with Crippen molar-refractivity contribution in [3.05, 3.63) is 88.5 Å². The molecule has 0 saturated carbocycles. The highest BCUT2D eigenvalue weighted by Gasteiger charge is 2.53. The predicted octanol–water partition coefficient (Wildman–Crippen LogP) is -0.0121. The normalized spacial score (nSPS) is 17.7. The lowest BCUT2D eigenvalue weighted by molar-refractivity contribution is -0.687. The summed E-state index contributed by atoms with van der Waals surface area (Å²) in [5.74, 6) is -4.18. The number of aromatic nitrogens is 3. The van der Waals surface area contributed by atoms with E-state index < -0.39 is 46.5 Å². The molecule has 1 saturated heterocycles. The highest BCUT2D eigenvalue weighted by Crippen LogP contribution is 2.40. The topological polar surface area (TPSA) is 246 Å². The highest BCUT2D eigenvalue weighted by atomic mass is 32.2. The van der Waals surface area contributed by atoms with Crippen LogP contribution in [0.15, 0.2) is 76.8 Å². The van der Waals surface area contributed by atoms with E-state index in [1.54, 1.807) is 12.1 Å². The number of amides is 2. The molecule has 1 aromatic carbocycles. The van der Waals surface area contributed by atoms with Crippen LogP contribution in [0.1, 0.15) is 30.7 Å². The first-order chi connectivity index (χ1) is 23.7. The summed E-state index contributed by atoms with van der Waals surface area (Å²) >= 11 is 2.30. The van der Waals surface area contributed by atoms with E-state index in [-0.39, 0.29) is 34.7 Å². The number of nitrogens with one attached hydrogen (secondary N) is 2. The van der Waals surface area contributed by atoms with Gasteiger partial charge in [0.05, 0.1) is 11.7 Å². The molecular formula is C32H31N9O7S2. The number of nitrogens with zero attached hydrogens (tertiary/aromatic N) is 5. The number of aliphatic carboxylic acids is 2. The number of hydrogen-bond acceptors (Lipinski definition) is 12. The van der Waals surface area contributed by atoms with Gasteiger partial charge in [-0.15, -0.1) is 23.1 Å². The highest BCUT2D eigenvalue weighted by molar-refractivity contribution is 8.00. The zero-order chi connectivity index (χ0) is 35.9. The summed E-state index contributed by atoms with van der Waals surface area (Å²) in [6.07, 6.45) is 5.68. The molecule has 6 rings (SSSR count). The van der Waals surface area contributed by atoms with Crippen LogP contribution in [-0.2, 0) is 37.1 Å². The van der Waals surface area contributed by atoms with E-state index in [9.17, 15) is 29.4 Å². The minimum atomic E-state index is -1.78. The van der Waals surface area contributed by atoms with Crippen LogP contribution in [0.5, 0.6) is 0 Å². The monoisotopic (exact) mass is 717 g/mol. The van der Waals surface area contributed by atoms with Crippen LogP contribution in [0.4, 0.5) is 5.13 Å². The number of carbonyl (C=O) groups excluding carboxylic acids is 3. The molecule has 2 amide bonds. The van der Waals surface area contributed by atoms with E-state index in [4.69, 9.17) is 21.7 Å². The van der Waals surface area contributed by atoms with Crippen LogP contribution >= 0.6 is 23.1 Å². The van der Waals surface area contributed by atoms with Gasteiger partial charge >= 0.3 is 5.97 Å². The minimum absolute atomic E-state index is 0.00728. The number of pyridine rings is 1. The Morgan fingerprint density at radius 3 is 2.62 bits per heavy atom. The number of rotatable bonds is 12. The van der Waals surface area contributed by atoms with Gasteiger partial charge < -0.3 is 41.2 Å². The van der Waals surface area contributed by atoms with E-state index >= 15 is 0 Å². The first-order valence-electron chi connectivity index (χ1n) is 15.0. The number of anilines is 1. The number of nitrogens with two attached hydrogens (primary N) is 2. The SMILES string of the molecule is CC(C)(O/N=C(\C(=O)N[C@@H]1C(=O)N2C(C(=O)[O-])=C(C[n+]3ccc4ccn(Cc5ccc(C(=N)N)cc5)c4c3)CS[C@H]12)c1csc(N)n1)C(=O)O. The van der Waals surface area contributed by atoms with Gasteiger partial charge in [0.1, 0.15) is 28.5 Å². The number of β-lactam (4-membered cyclic amide) rings is 1. The molecule has 1 fully saturated rings. The molecule has 0 radical (unpaired) electrons. The second-order valence-corrected chi connectivity index (χ2v) is 14.0. The predicted molar refractivity (Wildman–Crippen MR) is 182 cm³/mol. The number of carboxylic acid groups (broad SMARTS) is 2. The Hall–Kier alpha value is -5.75. The maximum atomic E-state index is 13.4. The van der Waals surface area contributed by atoms with E-state index in [2.05, 4.69) is 15.5 Å². The third-order valence-electron chi connectivity index (χ3n) is 8.15. The molecule has 0 aliphatic carbocycles. The first kappa shape index (κ1) is 34.1. The molecule has 16 nitrogen and oxygen atoms in total. The van der Waals surface area contributed by atoms with Gasteiger partial charge in [-0.25, -0.2) is 9.78 Å². The maximum Gasteiger partial charge on any atom is 0.350 e. The summed E-state index contributed by atoms with van der Waals surface area (Å²) in [6, 6.07) is 10.2. The zero-order valence-corrected chi connectivity index (χ0v) is 28.3. The van der Waals surface area contributed by atoms with Crippen LogP contribution in [-0.4, -0.2) is 77.6 Å². The number of oxime groups is 1. The van der Waals surface area contributed by atoms with Crippen molar-refractivity contribution in [1.29, 1.82) is 5.41 Å². The van der Waals surface area contributed by atoms with Gasteiger partial charge in [-0.2, -0.15) is 4.57 Å². The van der Waals surface area contributed by atoms with E-state index in [0.717, 1.165) is 32.7 Å². The van der Waals surface area contributed by atoms with Gasteiger partial charge in [0, 0.05) is 46.5 Å². The third kappa shape index (κ3) is 6.61. The number of hydrogen-bond donors (Lipinski definition) is 5. The van der Waals surface area contributed by atoms with Crippen LogP contribution < -0.4 is 26.5 Å². The number of thioether (sulfide) groups is 1. The fourth-order valence-corrected chi connectivity index (χ4v) is 7.30. The Labute approximate surface area is 292 Å². The Morgan fingerprint density at radius 2 is 1.98 bits per heavy atom. The van der Waals surface area contributed by atoms with Crippen molar-refractivity contribution in [3.8, 4) is 0 Å². The average Bonchev–Trinajstić information content (AvgIpc) is 3.68. The minimum Gasteiger partial charge on any atom is -0.543 e. The van der Waals surface area contributed by atoms with E-state index in [0.29, 0.717) is 17.7 Å². The number of nitrogen functional groups attached to an aromatic ring is 2. The second-order valence-electron chi connectivity index (χ2n) is 12.0. The fourth-order valence-electron chi connectivity index (χ4n) is 5.41. The first-order valence-corrected chi connectivity index (χ1v) is 17.0. The molecule has 5 heterocycles. The summed E-state index contributed by atoms with van der Waals surface area (Å²) in [7, 11) is 0. The second kappa shape index (κ2) is 13.3. The molecule has 0 unspecified atom stereocenters. The molecule has 2 atom stereocenters. The molecular weight excluding hydrogens is 687 g/mol. The lowest BCUT2D eigenvalue weighted by Gasteiger charge is -2.50. The van der Waals surface area contributed by atoms with Crippen LogP contribution in [0.2, 0.25) is 0 Å². The summed E-state index contributed by atoms with van der Waals surface area (Å²) in [6.45, 7) is 3.20. The van der Waals surface area contributed by atoms with Crippen LogP contribution in [0, 0.1) is 5.41 Å². The number of benzene rings is 1. The van der Waals surface area contributed by atoms with Crippen molar-refractivity contribution < 1.29 is 38.8 Å². The van der Waals surface area contributed by atoms with E-state index in [1.807, 2.05) is 52.0 Å². The Bertz CT molecular complexity index is 2120. The van der Waals surface area contributed by atoms with Gasteiger partial charge in [0.2, 0.25) is 5.60 Å². The number of amidine groups is 1. The quantitative estimate of drug-likeness (QED) is 0.0429. The summed E-state index contributed by atoms with van der Waals surface area (Å²) in [4.78, 5) is 61.0. The molecule has 0 bridgehead atoms. The van der Waals surface area contributed by atoms with Gasteiger partial charge in [-0.1, -0.05) is 29.4 Å². The average molecular weight is 718 g/mol. The molecule has 258 valence electrons. The molecule has 18 heteroatoms. The van der Waals surface area contributed by atoms with Crippen molar-refractivity contribution >= 4 is 74.4 Å². The van der Waals surface area contributed by atoms with Gasteiger partial charge in [0.15, 0.2) is 29.8 Å². The Morgan fingerprint density at radius 1 is 1.24 bits per heavy atom. The van der Waals surface area contributed by atoms with Crippen LogP contribution in [0.3, 0.4) is 0 Å². The third-order valence-corrected chi connectivity index (χ3v) is 10.2. The maximum absolute atomic E-state index is 13.4. The standard InChI is InChI=1S/C32H31N9O7S2/c1-32(2,30(46)47)48-38-22(20-15-50-31(35)36-20)26(42)37-23-27(43)41-24(29(44)45)19(14-49-28(23)41)12-39-9-7-17-8-10-40(21(17)13-39)11-16-3-5-18(6-4-16)25(33)34/h3-10,13,15,23,28H,11-12,14H2,1-2H3,(H7-,33,34,35,36,37,42,44,45,46,47)/b38-22-/t23-,28-/m1/s1. The lowest BCUT2D eigenvalue weighted by Crippen LogP contribution is -2.71. The Kier molecular flexibility index (Phi) is 9.06. The van der Waals surface area contributed by atoms with E-state index in [1.165, 1.54) is 31.0 Å². The fraction of sp³-hybridized carbons (Fsp3) is 0.250. The summed E-state index contributed by atoms with van der Waals surface area (Å²) < 4.78 is 3.88. The number of thiazole rings is 1. The van der Waals surface area contributed by atoms with Crippen molar-refractivity contribution in [2.24, 2.45) is 10.9 Å². The number of carbonyl (C=O) groups is 4. The number of carboxylic acids is 2. The molecule has 4 aromatic rings. The molecule has 2 aliphatic heterocycles. The number of fused-ring (bicyclic) bond motifs is 2. The molecule has 0 spiro atoms. The van der Waals surface area contributed by atoms with Crippen molar-refractivity contribution in [3.63, 3.8) is 0 Å².